The maximum absolute atomic E-state index is 5.99. The van der Waals surface area contributed by atoms with Crippen LogP contribution in [0.2, 0.25) is 5.02 Å². The molecule has 1 heterocycles. The minimum absolute atomic E-state index is 0.407. The van der Waals surface area contributed by atoms with E-state index in [0.29, 0.717) is 10.9 Å². The Morgan fingerprint density at radius 2 is 1.94 bits per heavy atom. The zero-order chi connectivity index (χ0) is 12.5. The number of halogens is 2. The minimum atomic E-state index is 0.407. The van der Waals surface area contributed by atoms with Crippen molar-refractivity contribution in [2.75, 3.05) is 0 Å². The van der Waals surface area contributed by atoms with Crippen molar-refractivity contribution in [2.45, 2.75) is 5.88 Å². The van der Waals surface area contributed by atoms with Gasteiger partial charge in [0.05, 0.1) is 17.4 Å². The third-order valence-corrected chi connectivity index (χ3v) is 3.41. The maximum Gasteiger partial charge on any atom is 0.0741 e. The predicted molar refractivity (Wildman–Crippen MR) is 75.6 cm³/mol. The summed E-state index contributed by atoms with van der Waals surface area (Å²) in [6, 6.07) is 13.7. The summed E-state index contributed by atoms with van der Waals surface area (Å²) in [6.07, 6.45) is 1.85. The van der Waals surface area contributed by atoms with Crippen LogP contribution in [0.4, 0.5) is 0 Å². The first-order valence-electron chi connectivity index (χ1n) is 5.57. The quantitative estimate of drug-likeness (QED) is 0.634. The first-order chi connectivity index (χ1) is 8.79. The highest BCUT2D eigenvalue weighted by Gasteiger charge is 2.08. The molecule has 0 aliphatic rings. The van der Waals surface area contributed by atoms with Crippen LogP contribution in [0.25, 0.3) is 16.6 Å². The van der Waals surface area contributed by atoms with E-state index in [1.807, 2.05) is 53.3 Å². The molecule has 2 aromatic carbocycles. The summed E-state index contributed by atoms with van der Waals surface area (Å²) in [5, 5.41) is 6.21. The number of rotatable bonds is 2. The van der Waals surface area contributed by atoms with Crippen molar-refractivity contribution in [2.24, 2.45) is 0 Å². The SMILES string of the molecule is ClCc1cc(Cl)ccc1-n1ncc2ccccc21. The summed E-state index contributed by atoms with van der Waals surface area (Å²) in [7, 11) is 0. The van der Waals surface area contributed by atoms with Crippen molar-refractivity contribution in [1.82, 2.24) is 9.78 Å². The summed E-state index contributed by atoms with van der Waals surface area (Å²) in [5.74, 6) is 0.407. The molecule has 1 aromatic heterocycles. The lowest BCUT2D eigenvalue weighted by Crippen LogP contribution is -2.00. The van der Waals surface area contributed by atoms with Crippen molar-refractivity contribution in [3.8, 4) is 5.69 Å². The fourth-order valence-corrected chi connectivity index (χ4v) is 2.44. The zero-order valence-electron chi connectivity index (χ0n) is 9.48. The highest BCUT2D eigenvalue weighted by atomic mass is 35.5. The average Bonchev–Trinajstić information content (AvgIpc) is 2.82. The zero-order valence-corrected chi connectivity index (χ0v) is 11.0. The molecule has 0 N–H and O–H groups in total. The van der Waals surface area contributed by atoms with Gasteiger partial charge in [0.15, 0.2) is 0 Å². The van der Waals surface area contributed by atoms with Gasteiger partial charge in [-0.2, -0.15) is 5.10 Å². The molecule has 2 nitrogen and oxygen atoms in total. The van der Waals surface area contributed by atoms with Crippen molar-refractivity contribution in [3.63, 3.8) is 0 Å². The molecule has 90 valence electrons. The minimum Gasteiger partial charge on any atom is -0.233 e. The van der Waals surface area contributed by atoms with Gasteiger partial charge >= 0.3 is 0 Å². The van der Waals surface area contributed by atoms with Crippen molar-refractivity contribution < 1.29 is 0 Å². The maximum atomic E-state index is 5.99. The fraction of sp³-hybridized carbons (Fsp3) is 0.0714. The van der Waals surface area contributed by atoms with Gasteiger partial charge in [-0.25, -0.2) is 4.68 Å². The molecule has 0 saturated carbocycles. The number of alkyl halides is 1. The number of hydrogen-bond donors (Lipinski definition) is 0. The second-order valence-corrected chi connectivity index (χ2v) is 4.73. The largest absolute Gasteiger partial charge is 0.233 e. The highest BCUT2D eigenvalue weighted by molar-refractivity contribution is 6.30. The number of nitrogens with zero attached hydrogens (tertiary/aromatic N) is 2. The van der Waals surface area contributed by atoms with Crippen LogP contribution in [0.15, 0.2) is 48.7 Å². The first kappa shape index (κ1) is 11.6. The normalized spacial score (nSPS) is 11.0. The lowest BCUT2D eigenvalue weighted by Gasteiger charge is -2.09. The molecule has 0 spiro atoms. The number of fused-ring (bicyclic) bond motifs is 1. The molecule has 0 aliphatic carbocycles. The van der Waals surface area contributed by atoms with Gasteiger partial charge in [-0.3, -0.25) is 0 Å². The van der Waals surface area contributed by atoms with Gasteiger partial charge < -0.3 is 0 Å². The molecular formula is C14H10Cl2N2. The van der Waals surface area contributed by atoms with E-state index >= 15 is 0 Å². The number of hydrogen-bond acceptors (Lipinski definition) is 1. The van der Waals surface area contributed by atoms with E-state index in [9.17, 15) is 0 Å². The van der Waals surface area contributed by atoms with Crippen LogP contribution in [0.5, 0.6) is 0 Å². The monoisotopic (exact) mass is 276 g/mol. The van der Waals surface area contributed by atoms with Crippen molar-refractivity contribution >= 4 is 34.1 Å². The van der Waals surface area contributed by atoms with E-state index in [1.54, 1.807) is 0 Å². The Morgan fingerprint density at radius 3 is 2.78 bits per heavy atom. The van der Waals surface area contributed by atoms with Crippen LogP contribution in [-0.4, -0.2) is 9.78 Å². The lowest BCUT2D eigenvalue weighted by molar-refractivity contribution is 0.900. The molecule has 4 heteroatoms. The smallest absolute Gasteiger partial charge is 0.0741 e. The van der Waals surface area contributed by atoms with Crippen LogP contribution in [-0.2, 0) is 5.88 Å². The summed E-state index contributed by atoms with van der Waals surface area (Å²) in [5.41, 5.74) is 3.00. The topological polar surface area (TPSA) is 17.8 Å². The Balaban J connectivity index is 2.26. The Hall–Kier alpha value is -1.51. The van der Waals surface area contributed by atoms with Crippen LogP contribution in [0.1, 0.15) is 5.56 Å². The fourth-order valence-electron chi connectivity index (χ4n) is 2.03. The number of para-hydroxylation sites is 1. The third-order valence-electron chi connectivity index (χ3n) is 2.89. The summed E-state index contributed by atoms with van der Waals surface area (Å²) in [4.78, 5) is 0. The molecule has 18 heavy (non-hydrogen) atoms. The van der Waals surface area contributed by atoms with Gasteiger partial charge in [0.25, 0.3) is 0 Å². The van der Waals surface area contributed by atoms with E-state index < -0.39 is 0 Å². The molecule has 0 atom stereocenters. The molecule has 3 rings (SSSR count). The molecule has 3 aromatic rings. The summed E-state index contributed by atoms with van der Waals surface area (Å²) < 4.78 is 1.89. The van der Waals surface area contributed by atoms with Crippen LogP contribution >= 0.6 is 23.2 Å². The van der Waals surface area contributed by atoms with E-state index in [4.69, 9.17) is 23.2 Å². The van der Waals surface area contributed by atoms with Crippen LogP contribution in [0.3, 0.4) is 0 Å². The van der Waals surface area contributed by atoms with E-state index in [1.165, 1.54) is 0 Å². The Labute approximate surface area is 115 Å². The summed E-state index contributed by atoms with van der Waals surface area (Å²) in [6.45, 7) is 0. The second kappa shape index (κ2) is 4.63. The van der Waals surface area contributed by atoms with Gasteiger partial charge in [-0.05, 0) is 29.8 Å². The van der Waals surface area contributed by atoms with E-state index in [0.717, 1.165) is 22.2 Å². The van der Waals surface area contributed by atoms with Gasteiger partial charge in [-0.15, -0.1) is 11.6 Å². The Bertz CT molecular complexity index is 704. The second-order valence-electron chi connectivity index (χ2n) is 4.02. The Kier molecular flexibility index (Phi) is 2.98. The molecule has 0 radical (unpaired) electrons. The van der Waals surface area contributed by atoms with E-state index in [2.05, 4.69) is 5.10 Å². The van der Waals surface area contributed by atoms with E-state index in [-0.39, 0.29) is 0 Å². The third kappa shape index (κ3) is 1.88. The molecular weight excluding hydrogens is 267 g/mol. The van der Waals surface area contributed by atoms with Gasteiger partial charge in [0.2, 0.25) is 0 Å². The highest BCUT2D eigenvalue weighted by Crippen LogP contribution is 2.24. The van der Waals surface area contributed by atoms with Gasteiger partial charge in [-0.1, -0.05) is 29.8 Å². The standard InChI is InChI=1S/C14H10Cl2N2/c15-8-11-7-12(16)5-6-14(11)18-13-4-2-1-3-10(13)9-17-18/h1-7,9H,8H2. The Morgan fingerprint density at radius 1 is 1.11 bits per heavy atom. The molecule has 0 bridgehead atoms. The van der Waals surface area contributed by atoms with Crippen molar-refractivity contribution in [3.05, 3.63) is 59.2 Å². The van der Waals surface area contributed by atoms with Gasteiger partial charge in [0.1, 0.15) is 0 Å². The molecule has 0 amide bonds. The predicted octanol–water partition coefficient (Wildman–Crippen LogP) is 4.42. The van der Waals surface area contributed by atoms with Crippen molar-refractivity contribution in [1.29, 1.82) is 0 Å². The average molecular weight is 277 g/mol. The van der Waals surface area contributed by atoms with Gasteiger partial charge in [0, 0.05) is 16.3 Å². The molecule has 0 aliphatic heterocycles. The molecule has 0 unspecified atom stereocenters. The molecule has 0 fully saturated rings. The lowest BCUT2D eigenvalue weighted by atomic mass is 10.2. The molecule has 0 saturated heterocycles. The van der Waals surface area contributed by atoms with Crippen LogP contribution in [0, 0.1) is 0 Å². The summed E-state index contributed by atoms with van der Waals surface area (Å²) >= 11 is 12.0. The number of aromatic nitrogens is 2. The first-order valence-corrected chi connectivity index (χ1v) is 6.48. The number of benzene rings is 2. The van der Waals surface area contributed by atoms with Crippen LogP contribution < -0.4 is 0 Å².